The van der Waals surface area contributed by atoms with Gasteiger partial charge in [0.2, 0.25) is 0 Å². The fourth-order valence-corrected chi connectivity index (χ4v) is 1.06. The number of ether oxygens (including phenoxy) is 2. The Morgan fingerprint density at radius 2 is 2.14 bits per heavy atom. The van der Waals surface area contributed by atoms with Crippen molar-refractivity contribution in [2.45, 2.75) is 0 Å². The van der Waals surface area contributed by atoms with Gasteiger partial charge in [-0.25, -0.2) is 4.79 Å². The second-order valence-corrected chi connectivity index (χ2v) is 3.23. The Hall–Kier alpha value is -1.23. The normalized spacial score (nSPS) is 9.50. The quantitative estimate of drug-likeness (QED) is 0.841. The summed E-state index contributed by atoms with van der Waals surface area (Å²) in [7, 11) is 0. The number of primary amides is 1. The molecule has 0 heterocycles. The molecule has 0 unspecified atom stereocenters. The van der Waals surface area contributed by atoms with Crippen molar-refractivity contribution in [1.82, 2.24) is 0 Å². The highest BCUT2D eigenvalue weighted by molar-refractivity contribution is 9.09. The molecule has 0 saturated heterocycles. The Morgan fingerprint density at radius 3 is 2.79 bits per heavy atom. The van der Waals surface area contributed by atoms with Gasteiger partial charge in [-0.05, 0) is 12.1 Å². The maximum absolute atomic E-state index is 10.4. The fourth-order valence-electron chi connectivity index (χ4n) is 0.900. The summed E-state index contributed by atoms with van der Waals surface area (Å²) >= 11 is 3.24. The van der Waals surface area contributed by atoms with Crippen molar-refractivity contribution < 1.29 is 14.3 Å². The second-order valence-electron chi connectivity index (χ2n) is 2.43. The molecule has 0 aliphatic carbocycles. The summed E-state index contributed by atoms with van der Waals surface area (Å²) in [6.45, 7) is 0.556. The van der Waals surface area contributed by atoms with E-state index in [4.69, 9.17) is 10.5 Å². The maximum atomic E-state index is 10.4. The van der Waals surface area contributed by atoms with Crippen LogP contribution in [0.1, 0.15) is 0 Å². The lowest BCUT2D eigenvalue weighted by atomic mass is 10.3. The van der Waals surface area contributed by atoms with Crippen LogP contribution in [-0.4, -0.2) is 18.0 Å². The fraction of sp³-hybridized carbons (Fsp3) is 0.222. The van der Waals surface area contributed by atoms with Crippen LogP contribution in [0.5, 0.6) is 11.5 Å². The van der Waals surface area contributed by atoms with E-state index in [0.29, 0.717) is 18.1 Å². The van der Waals surface area contributed by atoms with Crippen molar-refractivity contribution in [3.8, 4) is 11.5 Å². The van der Waals surface area contributed by atoms with Crippen molar-refractivity contribution in [2.24, 2.45) is 5.73 Å². The molecular weight excluding hydrogens is 250 g/mol. The molecule has 0 spiro atoms. The first-order valence-electron chi connectivity index (χ1n) is 3.98. The predicted molar refractivity (Wildman–Crippen MR) is 55.9 cm³/mol. The molecule has 1 aromatic carbocycles. The van der Waals surface area contributed by atoms with E-state index in [1.807, 2.05) is 0 Å². The highest BCUT2D eigenvalue weighted by atomic mass is 79.9. The van der Waals surface area contributed by atoms with Gasteiger partial charge >= 0.3 is 6.09 Å². The highest BCUT2D eigenvalue weighted by Gasteiger charge is 2.00. The second kappa shape index (κ2) is 5.49. The summed E-state index contributed by atoms with van der Waals surface area (Å²) < 4.78 is 9.98. The van der Waals surface area contributed by atoms with Crippen molar-refractivity contribution in [3.05, 3.63) is 24.3 Å². The van der Waals surface area contributed by atoms with E-state index in [9.17, 15) is 4.79 Å². The monoisotopic (exact) mass is 259 g/mol. The number of nitrogens with two attached hydrogens (primary N) is 1. The summed E-state index contributed by atoms with van der Waals surface area (Å²) in [4.78, 5) is 10.4. The first kappa shape index (κ1) is 10.8. The molecular formula is C9H10BrNO3. The van der Waals surface area contributed by atoms with E-state index in [1.165, 1.54) is 0 Å². The maximum Gasteiger partial charge on any atom is 0.409 e. The van der Waals surface area contributed by atoms with E-state index in [-0.39, 0.29) is 0 Å². The molecule has 0 saturated carbocycles. The molecule has 0 radical (unpaired) electrons. The van der Waals surface area contributed by atoms with E-state index in [2.05, 4.69) is 20.7 Å². The minimum atomic E-state index is -0.831. The van der Waals surface area contributed by atoms with Crippen molar-refractivity contribution in [3.63, 3.8) is 0 Å². The van der Waals surface area contributed by atoms with Crippen molar-refractivity contribution in [2.75, 3.05) is 11.9 Å². The average Bonchev–Trinajstić information content (AvgIpc) is 2.14. The summed E-state index contributed by atoms with van der Waals surface area (Å²) in [6, 6.07) is 6.73. The minimum absolute atomic E-state index is 0.379. The summed E-state index contributed by atoms with van der Waals surface area (Å²) in [5, 5.41) is 0.744. The summed E-state index contributed by atoms with van der Waals surface area (Å²) in [5.41, 5.74) is 4.87. The lowest BCUT2D eigenvalue weighted by molar-refractivity contribution is 0.210. The Kier molecular flexibility index (Phi) is 4.25. The van der Waals surface area contributed by atoms with Crippen LogP contribution in [0.15, 0.2) is 24.3 Å². The van der Waals surface area contributed by atoms with Gasteiger partial charge in [-0.2, -0.15) is 0 Å². The first-order valence-corrected chi connectivity index (χ1v) is 5.10. The number of alkyl halides is 1. The number of rotatable bonds is 4. The Labute approximate surface area is 90.1 Å². The van der Waals surface area contributed by atoms with Gasteiger partial charge in [-0.15, -0.1) is 0 Å². The summed E-state index contributed by atoms with van der Waals surface area (Å²) in [6.07, 6.45) is -0.831. The smallest absolute Gasteiger partial charge is 0.409 e. The van der Waals surface area contributed by atoms with Gasteiger partial charge in [0.05, 0.1) is 6.61 Å². The van der Waals surface area contributed by atoms with E-state index in [0.717, 1.165) is 5.33 Å². The SMILES string of the molecule is NC(=O)Oc1cccc(OCCBr)c1. The lowest BCUT2D eigenvalue weighted by Crippen LogP contribution is -2.16. The van der Waals surface area contributed by atoms with Gasteiger partial charge in [0, 0.05) is 11.4 Å². The number of carbonyl (C=O) groups excluding carboxylic acids is 1. The van der Waals surface area contributed by atoms with Gasteiger partial charge in [0.1, 0.15) is 11.5 Å². The number of benzene rings is 1. The molecule has 4 nitrogen and oxygen atoms in total. The van der Waals surface area contributed by atoms with E-state index < -0.39 is 6.09 Å². The van der Waals surface area contributed by atoms with Crippen LogP contribution in [0, 0.1) is 0 Å². The minimum Gasteiger partial charge on any atom is -0.493 e. The van der Waals surface area contributed by atoms with Gasteiger partial charge in [0.25, 0.3) is 0 Å². The molecule has 1 amide bonds. The van der Waals surface area contributed by atoms with Crippen LogP contribution in [0.25, 0.3) is 0 Å². The molecule has 5 heteroatoms. The van der Waals surface area contributed by atoms with Crippen molar-refractivity contribution >= 4 is 22.0 Å². The molecule has 0 aliphatic heterocycles. The number of carbonyl (C=O) groups is 1. The lowest BCUT2D eigenvalue weighted by Gasteiger charge is -2.05. The zero-order valence-electron chi connectivity index (χ0n) is 7.40. The number of halogens is 1. The first-order chi connectivity index (χ1) is 6.72. The number of hydrogen-bond donors (Lipinski definition) is 1. The predicted octanol–water partition coefficient (Wildman–Crippen LogP) is 1.92. The highest BCUT2D eigenvalue weighted by Crippen LogP contribution is 2.19. The van der Waals surface area contributed by atoms with Gasteiger partial charge in [-0.1, -0.05) is 22.0 Å². The molecule has 2 N–H and O–H groups in total. The average molecular weight is 260 g/mol. The summed E-state index contributed by atoms with van der Waals surface area (Å²) in [5.74, 6) is 1.02. The van der Waals surface area contributed by atoms with Gasteiger partial charge < -0.3 is 15.2 Å². The van der Waals surface area contributed by atoms with Crippen molar-refractivity contribution in [1.29, 1.82) is 0 Å². The topological polar surface area (TPSA) is 61.6 Å². The molecule has 0 aromatic heterocycles. The number of hydrogen-bond acceptors (Lipinski definition) is 3. The molecule has 0 atom stereocenters. The Morgan fingerprint density at radius 1 is 1.43 bits per heavy atom. The van der Waals surface area contributed by atoms with Gasteiger partial charge in [0.15, 0.2) is 0 Å². The zero-order chi connectivity index (χ0) is 10.4. The number of amides is 1. The van der Waals surface area contributed by atoms with Crippen LogP contribution >= 0.6 is 15.9 Å². The van der Waals surface area contributed by atoms with Crippen LogP contribution in [-0.2, 0) is 0 Å². The van der Waals surface area contributed by atoms with Crippen LogP contribution in [0.4, 0.5) is 4.79 Å². The third-order valence-electron chi connectivity index (χ3n) is 1.37. The third kappa shape index (κ3) is 3.66. The van der Waals surface area contributed by atoms with Crippen LogP contribution < -0.4 is 15.2 Å². The van der Waals surface area contributed by atoms with Crippen LogP contribution in [0.2, 0.25) is 0 Å². The standard InChI is InChI=1S/C9H10BrNO3/c10-4-5-13-7-2-1-3-8(6-7)14-9(11)12/h1-3,6H,4-5H2,(H2,11,12). The van der Waals surface area contributed by atoms with Gasteiger partial charge in [-0.3, -0.25) is 0 Å². The molecule has 0 aliphatic rings. The van der Waals surface area contributed by atoms with Crippen LogP contribution in [0.3, 0.4) is 0 Å². The molecule has 0 bridgehead atoms. The molecule has 0 fully saturated rings. The third-order valence-corrected chi connectivity index (χ3v) is 1.69. The molecule has 1 aromatic rings. The Balaban J connectivity index is 2.63. The largest absolute Gasteiger partial charge is 0.493 e. The molecule has 14 heavy (non-hydrogen) atoms. The van der Waals surface area contributed by atoms with E-state index in [1.54, 1.807) is 24.3 Å². The zero-order valence-corrected chi connectivity index (χ0v) is 8.99. The van der Waals surface area contributed by atoms with E-state index >= 15 is 0 Å². The molecule has 1 rings (SSSR count). The molecule has 76 valence electrons. The Bertz CT molecular complexity index is 317.